The summed E-state index contributed by atoms with van der Waals surface area (Å²) in [7, 11) is 0.492. The lowest BCUT2D eigenvalue weighted by atomic mass is 9.85. The van der Waals surface area contributed by atoms with Crippen molar-refractivity contribution in [2.24, 2.45) is 0 Å². The van der Waals surface area contributed by atoms with Gasteiger partial charge in [-0.2, -0.15) is 0 Å². The molecule has 0 amide bonds. The second-order valence-corrected chi connectivity index (χ2v) is 15.8. The molecule has 0 radical (unpaired) electrons. The van der Waals surface area contributed by atoms with Gasteiger partial charge in [0.05, 0.1) is 0 Å². The number of halogens is 1. The minimum absolute atomic E-state index is 0.136. The summed E-state index contributed by atoms with van der Waals surface area (Å²) >= 11 is 0. The maximum atomic E-state index is 15.0. The van der Waals surface area contributed by atoms with Gasteiger partial charge in [0.2, 0.25) is 0 Å². The maximum Gasteiger partial charge on any atom is 0.127 e. The van der Waals surface area contributed by atoms with Crippen LogP contribution in [-0.4, -0.2) is 18.0 Å². The summed E-state index contributed by atoms with van der Waals surface area (Å²) in [6.07, 6.45) is 9.69. The fourth-order valence-electron chi connectivity index (χ4n) is 7.52. The molecule has 1 fully saturated rings. The van der Waals surface area contributed by atoms with Crippen molar-refractivity contribution in [2.45, 2.75) is 89.9 Å². The minimum atomic E-state index is -0.158. The highest BCUT2D eigenvalue weighted by molar-refractivity contribution is 7.48. The van der Waals surface area contributed by atoms with E-state index in [0.29, 0.717) is 15.2 Å². The fraction of sp³-hybridized carbons (Fsp3) is 0.348. The van der Waals surface area contributed by atoms with E-state index in [4.69, 9.17) is 4.74 Å². The van der Waals surface area contributed by atoms with Gasteiger partial charge in [-0.05, 0) is 96.0 Å². The molecule has 5 aromatic carbocycles. The number of ether oxygens (including phenoxy) is 1. The molecule has 0 spiro atoms. The van der Waals surface area contributed by atoms with Gasteiger partial charge in [-0.15, -0.1) is 0 Å². The number of unbranched alkanes of at least 4 members (excludes halogenated alkanes) is 1. The number of hydrogen-bond donors (Lipinski definition) is 0. The Balaban J connectivity index is 1.50. The van der Waals surface area contributed by atoms with Gasteiger partial charge in [0.25, 0.3) is 0 Å². The zero-order valence-corrected chi connectivity index (χ0v) is 31.0. The number of nitrogens with zero attached hydrogens (tertiary/aromatic N) is 1. The predicted octanol–water partition coefficient (Wildman–Crippen LogP) is 11.4. The first-order chi connectivity index (χ1) is 24.5. The van der Waals surface area contributed by atoms with Crippen LogP contribution in [-0.2, 0) is 31.1 Å². The number of rotatable bonds is 16. The summed E-state index contributed by atoms with van der Waals surface area (Å²) in [4.78, 5) is 2.53. The van der Waals surface area contributed by atoms with Crippen molar-refractivity contribution in [3.05, 3.63) is 166 Å². The third-order valence-electron chi connectivity index (χ3n) is 10.3. The lowest BCUT2D eigenvalue weighted by Gasteiger charge is -2.37. The van der Waals surface area contributed by atoms with Crippen molar-refractivity contribution in [3.63, 3.8) is 0 Å². The van der Waals surface area contributed by atoms with Crippen molar-refractivity contribution < 1.29 is 9.13 Å². The van der Waals surface area contributed by atoms with Gasteiger partial charge in [-0.3, -0.25) is 4.90 Å². The molecule has 1 heterocycles. The molecular weight excluding hydrogens is 632 g/mol. The second-order valence-electron chi connectivity index (χ2n) is 14.0. The quantitative estimate of drug-likeness (QED) is 0.0959. The van der Waals surface area contributed by atoms with Gasteiger partial charge in [-0.25, -0.2) is 4.39 Å². The minimum Gasteiger partial charge on any atom is -0.488 e. The Bertz CT molecular complexity index is 1770. The molecule has 6 rings (SSSR count). The highest BCUT2D eigenvalue weighted by Gasteiger charge is 2.36. The molecule has 4 heteroatoms. The SMILES string of the molecule is CCCCC(CC)(Pc1ccc(F)cc1CN1CCCCC1)c1cc(Cc2ccccc2)cc(Cc2ccccc2)c1OCc1ccccc1. The van der Waals surface area contributed by atoms with Crippen LogP contribution in [0.3, 0.4) is 0 Å². The zero-order valence-electron chi connectivity index (χ0n) is 30.0. The largest absolute Gasteiger partial charge is 0.488 e. The number of piperidine rings is 1. The van der Waals surface area contributed by atoms with E-state index in [9.17, 15) is 4.39 Å². The second kappa shape index (κ2) is 17.9. The molecule has 5 aromatic rings. The summed E-state index contributed by atoms with van der Waals surface area (Å²) in [6.45, 7) is 8.17. The molecule has 0 N–H and O–H groups in total. The van der Waals surface area contributed by atoms with Crippen LogP contribution in [0.2, 0.25) is 0 Å². The van der Waals surface area contributed by atoms with Gasteiger partial charge in [0.1, 0.15) is 18.2 Å². The summed E-state index contributed by atoms with van der Waals surface area (Å²) in [5.74, 6) is 0.891. The van der Waals surface area contributed by atoms with Crippen LogP contribution < -0.4 is 10.0 Å². The fourth-order valence-corrected chi connectivity index (χ4v) is 9.31. The molecule has 50 heavy (non-hydrogen) atoms. The molecule has 1 aliphatic rings. The van der Waals surface area contributed by atoms with E-state index in [2.05, 4.69) is 128 Å². The third kappa shape index (κ3) is 9.51. The monoisotopic (exact) mass is 685 g/mol. The van der Waals surface area contributed by atoms with Gasteiger partial charge in [0.15, 0.2) is 0 Å². The normalized spacial score (nSPS) is 14.9. The molecule has 1 saturated heterocycles. The Hall–Kier alpha value is -3.78. The first-order valence-corrected chi connectivity index (χ1v) is 19.7. The van der Waals surface area contributed by atoms with Gasteiger partial charge in [-0.1, -0.05) is 151 Å². The average Bonchev–Trinajstić information content (AvgIpc) is 3.15. The molecule has 0 aromatic heterocycles. The first-order valence-electron chi connectivity index (χ1n) is 18.7. The molecule has 0 saturated carbocycles. The van der Waals surface area contributed by atoms with Crippen LogP contribution >= 0.6 is 8.58 Å². The van der Waals surface area contributed by atoms with Crippen LogP contribution in [0.4, 0.5) is 4.39 Å². The number of benzene rings is 5. The molecule has 2 unspecified atom stereocenters. The van der Waals surface area contributed by atoms with Gasteiger partial charge in [0, 0.05) is 23.7 Å². The van der Waals surface area contributed by atoms with E-state index in [1.807, 2.05) is 6.07 Å². The Morgan fingerprint density at radius 1 is 0.680 bits per heavy atom. The van der Waals surface area contributed by atoms with Crippen LogP contribution in [0.25, 0.3) is 0 Å². The van der Waals surface area contributed by atoms with Crippen molar-refractivity contribution >= 4 is 13.9 Å². The first kappa shape index (κ1) is 36.0. The van der Waals surface area contributed by atoms with Crippen molar-refractivity contribution in [3.8, 4) is 5.75 Å². The molecule has 2 atom stereocenters. The Kier molecular flexibility index (Phi) is 12.9. The number of likely N-dealkylation sites (tertiary alicyclic amines) is 1. The highest BCUT2D eigenvalue weighted by atomic mass is 31.1. The van der Waals surface area contributed by atoms with Crippen LogP contribution in [0, 0.1) is 5.82 Å². The number of hydrogen-bond acceptors (Lipinski definition) is 2. The molecule has 260 valence electrons. The van der Waals surface area contributed by atoms with Gasteiger partial charge >= 0.3 is 0 Å². The van der Waals surface area contributed by atoms with Crippen LogP contribution in [0.5, 0.6) is 5.75 Å². The van der Waals surface area contributed by atoms with E-state index in [1.54, 1.807) is 6.07 Å². The molecule has 0 aliphatic carbocycles. The third-order valence-corrected chi connectivity index (χ3v) is 12.4. The Morgan fingerprint density at radius 3 is 1.96 bits per heavy atom. The van der Waals surface area contributed by atoms with Crippen molar-refractivity contribution in [2.75, 3.05) is 13.1 Å². The standard InChI is InChI=1S/C46H53FNOP/c1-3-5-26-46(4-2,50-44-25-24-42(47)33-41(44)34-48-27-16-9-17-28-48)43-32-39(29-36-18-10-6-11-19-36)31-40(30-37-20-12-7-13-21-37)45(43)49-35-38-22-14-8-15-23-38/h6-8,10-15,18-25,31-33,50H,3-5,9,16-17,26-30,34-35H2,1-2H3. The molecule has 1 aliphatic heterocycles. The van der Waals surface area contributed by atoms with E-state index in [0.717, 1.165) is 75.0 Å². The smallest absolute Gasteiger partial charge is 0.127 e. The van der Waals surface area contributed by atoms with Gasteiger partial charge < -0.3 is 4.74 Å². The van der Waals surface area contributed by atoms with Crippen LogP contribution in [0.15, 0.2) is 121 Å². The Labute approximate surface area is 301 Å². The summed E-state index contributed by atoms with van der Waals surface area (Å²) in [5, 5.41) is 1.14. The van der Waals surface area contributed by atoms with E-state index < -0.39 is 0 Å². The van der Waals surface area contributed by atoms with E-state index in [-0.39, 0.29) is 11.0 Å². The van der Waals surface area contributed by atoms with Crippen molar-refractivity contribution in [1.82, 2.24) is 4.90 Å². The maximum absolute atomic E-state index is 15.0. The van der Waals surface area contributed by atoms with E-state index in [1.165, 1.54) is 52.4 Å². The summed E-state index contributed by atoms with van der Waals surface area (Å²) < 4.78 is 22.0. The molecule has 0 bridgehead atoms. The Morgan fingerprint density at radius 2 is 1.32 bits per heavy atom. The lowest BCUT2D eigenvalue weighted by molar-refractivity contribution is 0.221. The predicted molar refractivity (Wildman–Crippen MR) is 211 cm³/mol. The topological polar surface area (TPSA) is 12.5 Å². The highest BCUT2D eigenvalue weighted by Crippen LogP contribution is 2.53. The van der Waals surface area contributed by atoms with E-state index >= 15 is 0 Å². The average molecular weight is 686 g/mol. The zero-order chi connectivity index (χ0) is 34.6. The summed E-state index contributed by atoms with van der Waals surface area (Å²) in [6, 6.07) is 42.6. The molecular formula is C46H53FNOP. The molecule has 2 nitrogen and oxygen atoms in total. The lowest BCUT2D eigenvalue weighted by Crippen LogP contribution is -2.32. The van der Waals surface area contributed by atoms with Crippen LogP contribution in [0.1, 0.15) is 97.7 Å². The summed E-state index contributed by atoms with van der Waals surface area (Å²) in [5.41, 5.74) is 8.77. The van der Waals surface area contributed by atoms with Crippen molar-refractivity contribution in [1.29, 1.82) is 0 Å².